The van der Waals surface area contributed by atoms with Crippen LogP contribution in [0.1, 0.15) is 24.0 Å². The van der Waals surface area contributed by atoms with E-state index in [2.05, 4.69) is 17.9 Å². The molecule has 1 aromatic rings. The fourth-order valence-electron chi connectivity index (χ4n) is 2.57. The molecule has 1 aliphatic rings. The largest absolute Gasteiger partial charge is 0.399 e. The van der Waals surface area contributed by atoms with Gasteiger partial charge in [0.15, 0.2) is 0 Å². The number of rotatable bonds is 5. The normalized spacial score (nSPS) is 17.8. The molecule has 4 heteroatoms. The number of ether oxygens (including phenoxy) is 1. The zero-order valence-corrected chi connectivity index (χ0v) is 11.6. The molecule has 0 unspecified atom stereocenters. The Morgan fingerprint density at radius 3 is 2.79 bits per heavy atom. The van der Waals surface area contributed by atoms with Gasteiger partial charge in [-0.3, -0.25) is 4.90 Å². The van der Waals surface area contributed by atoms with Gasteiger partial charge in [0, 0.05) is 25.3 Å². The van der Waals surface area contributed by atoms with Gasteiger partial charge in [-0.2, -0.15) is 0 Å². The highest BCUT2D eigenvalue weighted by Gasteiger charge is 2.20. The maximum atomic E-state index is 8.75. The summed E-state index contributed by atoms with van der Waals surface area (Å²) in [6.07, 6.45) is 2.40. The van der Waals surface area contributed by atoms with Crippen molar-refractivity contribution in [1.29, 1.82) is 0 Å². The molecule has 1 saturated heterocycles. The standard InChI is InChI=1S/C15H24N2O2/c1-12-13(3-2-4-15(12)16)11-17-7-5-14(6-8-17)19-10-9-18/h2-4,14,18H,5-11,16H2,1H3. The van der Waals surface area contributed by atoms with E-state index in [4.69, 9.17) is 15.6 Å². The summed E-state index contributed by atoms with van der Waals surface area (Å²) in [7, 11) is 0. The number of nitrogens with two attached hydrogens (primary N) is 1. The van der Waals surface area contributed by atoms with Gasteiger partial charge in [-0.1, -0.05) is 12.1 Å². The van der Waals surface area contributed by atoms with E-state index in [1.165, 1.54) is 11.1 Å². The number of anilines is 1. The number of hydrogen-bond donors (Lipinski definition) is 2. The van der Waals surface area contributed by atoms with Gasteiger partial charge in [-0.25, -0.2) is 0 Å². The van der Waals surface area contributed by atoms with Crippen LogP contribution in [0, 0.1) is 6.92 Å². The van der Waals surface area contributed by atoms with Crippen LogP contribution in [-0.2, 0) is 11.3 Å². The van der Waals surface area contributed by atoms with Crippen LogP contribution in [0.5, 0.6) is 0 Å². The van der Waals surface area contributed by atoms with E-state index in [1.54, 1.807) is 0 Å². The minimum atomic E-state index is 0.114. The van der Waals surface area contributed by atoms with Crippen molar-refractivity contribution in [3.05, 3.63) is 29.3 Å². The molecule has 2 rings (SSSR count). The highest BCUT2D eigenvalue weighted by molar-refractivity contribution is 5.49. The van der Waals surface area contributed by atoms with E-state index in [0.29, 0.717) is 12.7 Å². The summed E-state index contributed by atoms with van der Waals surface area (Å²) in [5.41, 5.74) is 9.32. The molecule has 19 heavy (non-hydrogen) atoms. The van der Waals surface area contributed by atoms with Crippen LogP contribution in [0.15, 0.2) is 18.2 Å². The van der Waals surface area contributed by atoms with Gasteiger partial charge in [-0.15, -0.1) is 0 Å². The van der Waals surface area contributed by atoms with E-state index in [-0.39, 0.29) is 6.61 Å². The second kappa shape index (κ2) is 6.89. The van der Waals surface area contributed by atoms with Crippen molar-refractivity contribution in [2.45, 2.75) is 32.4 Å². The molecule has 0 bridgehead atoms. The molecule has 0 saturated carbocycles. The van der Waals surface area contributed by atoms with Crippen LogP contribution >= 0.6 is 0 Å². The smallest absolute Gasteiger partial charge is 0.0701 e. The van der Waals surface area contributed by atoms with Gasteiger partial charge in [0.25, 0.3) is 0 Å². The summed E-state index contributed by atoms with van der Waals surface area (Å²) in [5.74, 6) is 0. The highest BCUT2D eigenvalue weighted by Crippen LogP contribution is 2.20. The number of aliphatic hydroxyl groups excluding tert-OH is 1. The number of benzene rings is 1. The predicted octanol–water partition coefficient (Wildman–Crippen LogP) is 1.55. The number of aliphatic hydroxyl groups is 1. The van der Waals surface area contributed by atoms with Crippen molar-refractivity contribution in [2.75, 3.05) is 32.0 Å². The average Bonchev–Trinajstić information content (AvgIpc) is 2.43. The van der Waals surface area contributed by atoms with Crippen LogP contribution in [0.3, 0.4) is 0 Å². The summed E-state index contributed by atoms with van der Waals surface area (Å²) in [6, 6.07) is 6.13. The first-order valence-electron chi connectivity index (χ1n) is 6.99. The Labute approximate surface area is 115 Å². The highest BCUT2D eigenvalue weighted by atomic mass is 16.5. The lowest BCUT2D eigenvalue weighted by Crippen LogP contribution is -2.37. The van der Waals surface area contributed by atoms with E-state index >= 15 is 0 Å². The lowest BCUT2D eigenvalue weighted by atomic mass is 10.0. The third-order valence-electron chi connectivity index (χ3n) is 3.86. The molecule has 1 heterocycles. The number of piperidine rings is 1. The average molecular weight is 264 g/mol. The molecule has 1 aliphatic heterocycles. The van der Waals surface area contributed by atoms with Crippen LogP contribution < -0.4 is 5.73 Å². The summed E-state index contributed by atoms with van der Waals surface area (Å²) in [5, 5.41) is 8.75. The Hall–Kier alpha value is -1.10. The topological polar surface area (TPSA) is 58.7 Å². The third kappa shape index (κ3) is 3.93. The van der Waals surface area contributed by atoms with Crippen molar-refractivity contribution in [3.63, 3.8) is 0 Å². The molecule has 0 spiro atoms. The van der Waals surface area contributed by atoms with Gasteiger partial charge in [0.05, 0.1) is 19.3 Å². The summed E-state index contributed by atoms with van der Waals surface area (Å²) >= 11 is 0. The first-order valence-corrected chi connectivity index (χ1v) is 6.99. The van der Waals surface area contributed by atoms with E-state index < -0.39 is 0 Å². The van der Waals surface area contributed by atoms with E-state index in [9.17, 15) is 0 Å². The Morgan fingerprint density at radius 1 is 1.37 bits per heavy atom. The third-order valence-corrected chi connectivity index (χ3v) is 3.86. The Bertz CT molecular complexity index is 401. The van der Waals surface area contributed by atoms with E-state index in [1.807, 2.05) is 12.1 Å². The molecule has 0 aliphatic carbocycles. The minimum Gasteiger partial charge on any atom is -0.399 e. The molecular formula is C15H24N2O2. The zero-order chi connectivity index (χ0) is 13.7. The van der Waals surface area contributed by atoms with Crippen LogP contribution in [-0.4, -0.2) is 42.4 Å². The maximum absolute atomic E-state index is 8.75. The SMILES string of the molecule is Cc1c(N)cccc1CN1CCC(OCCO)CC1. The van der Waals surface area contributed by atoms with Crippen molar-refractivity contribution in [2.24, 2.45) is 0 Å². The first kappa shape index (κ1) is 14.3. The summed E-state index contributed by atoms with van der Waals surface area (Å²) in [6.45, 7) is 5.71. The molecule has 0 atom stereocenters. The minimum absolute atomic E-state index is 0.114. The van der Waals surface area contributed by atoms with Gasteiger partial charge in [0.2, 0.25) is 0 Å². The van der Waals surface area contributed by atoms with Gasteiger partial charge in [-0.05, 0) is 37.0 Å². The van der Waals surface area contributed by atoms with Crippen molar-refractivity contribution < 1.29 is 9.84 Å². The zero-order valence-electron chi connectivity index (χ0n) is 11.6. The molecule has 1 aromatic carbocycles. The second-order valence-corrected chi connectivity index (χ2v) is 5.20. The molecule has 3 N–H and O–H groups in total. The van der Waals surface area contributed by atoms with Crippen LogP contribution in [0.2, 0.25) is 0 Å². The summed E-state index contributed by atoms with van der Waals surface area (Å²) < 4.78 is 5.58. The molecule has 0 amide bonds. The Kier molecular flexibility index (Phi) is 5.19. The quantitative estimate of drug-likeness (QED) is 0.792. The van der Waals surface area contributed by atoms with Crippen molar-refractivity contribution >= 4 is 5.69 Å². The van der Waals surface area contributed by atoms with Gasteiger partial charge < -0.3 is 15.6 Å². The van der Waals surface area contributed by atoms with Crippen molar-refractivity contribution in [1.82, 2.24) is 4.90 Å². The number of nitrogen functional groups attached to an aromatic ring is 1. The van der Waals surface area contributed by atoms with Crippen LogP contribution in [0.25, 0.3) is 0 Å². The fourth-order valence-corrected chi connectivity index (χ4v) is 2.57. The molecule has 1 fully saturated rings. The predicted molar refractivity (Wildman–Crippen MR) is 76.9 cm³/mol. The Morgan fingerprint density at radius 2 is 2.11 bits per heavy atom. The monoisotopic (exact) mass is 264 g/mol. The maximum Gasteiger partial charge on any atom is 0.0701 e. The molecule has 0 radical (unpaired) electrons. The molecular weight excluding hydrogens is 240 g/mol. The fraction of sp³-hybridized carbons (Fsp3) is 0.600. The van der Waals surface area contributed by atoms with E-state index in [0.717, 1.165) is 38.2 Å². The number of likely N-dealkylation sites (tertiary alicyclic amines) is 1. The van der Waals surface area contributed by atoms with Crippen molar-refractivity contribution in [3.8, 4) is 0 Å². The van der Waals surface area contributed by atoms with Gasteiger partial charge >= 0.3 is 0 Å². The lowest BCUT2D eigenvalue weighted by molar-refractivity contribution is -0.00903. The number of hydrogen-bond acceptors (Lipinski definition) is 4. The first-order chi connectivity index (χ1) is 9.20. The number of nitrogens with zero attached hydrogens (tertiary/aromatic N) is 1. The van der Waals surface area contributed by atoms with Gasteiger partial charge in [0.1, 0.15) is 0 Å². The molecule has 106 valence electrons. The molecule has 4 nitrogen and oxygen atoms in total. The molecule has 0 aromatic heterocycles. The second-order valence-electron chi connectivity index (χ2n) is 5.20. The lowest BCUT2D eigenvalue weighted by Gasteiger charge is -2.32. The van der Waals surface area contributed by atoms with Crippen LogP contribution in [0.4, 0.5) is 5.69 Å². The Balaban J connectivity index is 1.84. The summed E-state index contributed by atoms with van der Waals surface area (Å²) in [4.78, 5) is 2.45.